The minimum atomic E-state index is -0.406. The number of esters is 1. The van der Waals surface area contributed by atoms with E-state index in [1.807, 2.05) is 0 Å². The van der Waals surface area contributed by atoms with Gasteiger partial charge in [-0.1, -0.05) is 0 Å². The molecule has 2 rings (SSSR count). The van der Waals surface area contributed by atoms with E-state index in [9.17, 15) is 4.79 Å². The fraction of sp³-hybridized carbons (Fsp3) is 0.625. The Bertz CT molecular complexity index is 332. The summed E-state index contributed by atoms with van der Waals surface area (Å²) >= 11 is 0. The lowest BCUT2D eigenvalue weighted by Crippen LogP contribution is -2.44. The van der Waals surface area contributed by atoms with Gasteiger partial charge in [0.05, 0.1) is 12.6 Å². The smallest absolute Gasteiger partial charge is 0.376 e. The van der Waals surface area contributed by atoms with Crippen LogP contribution in [-0.4, -0.2) is 40.4 Å². The van der Waals surface area contributed by atoms with Crippen LogP contribution in [0.4, 0.5) is 0 Å². The number of aromatic nitrogens is 3. The molecule has 1 aliphatic rings. The van der Waals surface area contributed by atoms with E-state index in [1.165, 1.54) is 6.33 Å². The highest BCUT2D eigenvalue weighted by molar-refractivity contribution is 5.85. The largest absolute Gasteiger partial charge is 0.460 e. The predicted octanol–water partition coefficient (Wildman–Crippen LogP) is -0.401. The van der Waals surface area contributed by atoms with Gasteiger partial charge in [-0.3, -0.25) is 0 Å². The number of hydrogen-bond acceptors (Lipinski definition) is 5. The van der Waals surface area contributed by atoms with Crippen molar-refractivity contribution in [1.29, 1.82) is 0 Å². The lowest BCUT2D eigenvalue weighted by Gasteiger charge is -2.27. The molecule has 1 aliphatic heterocycles. The molecule has 1 N–H and O–H groups in total. The van der Waals surface area contributed by atoms with Gasteiger partial charge in [-0.2, -0.15) is 5.10 Å². The van der Waals surface area contributed by atoms with Crippen LogP contribution in [0, 0.1) is 0 Å². The minimum absolute atomic E-state index is 0.233. The lowest BCUT2D eigenvalue weighted by atomic mass is 10.2. The number of hydrogen-bond donors (Lipinski definition) is 1. The summed E-state index contributed by atoms with van der Waals surface area (Å²) in [5.74, 6) is -0.116. The summed E-state index contributed by atoms with van der Waals surface area (Å²) in [6.07, 6.45) is 1.38. The molecule has 0 unspecified atom stereocenters. The summed E-state index contributed by atoms with van der Waals surface area (Å²) in [5, 5.41) is 7.11. The molecule has 1 aromatic heterocycles. The van der Waals surface area contributed by atoms with E-state index in [-0.39, 0.29) is 6.04 Å². The van der Waals surface area contributed by atoms with Crippen LogP contribution in [0.2, 0.25) is 0 Å². The van der Waals surface area contributed by atoms with Crippen molar-refractivity contribution in [2.75, 3.05) is 19.7 Å². The summed E-state index contributed by atoms with van der Waals surface area (Å²) in [4.78, 5) is 15.3. The van der Waals surface area contributed by atoms with Crippen LogP contribution in [0.15, 0.2) is 6.33 Å². The molecule has 0 bridgehead atoms. The molecule has 0 aliphatic carbocycles. The predicted molar refractivity (Wildman–Crippen MR) is 47.9 cm³/mol. The van der Waals surface area contributed by atoms with Gasteiger partial charge in [0.25, 0.3) is 0 Å². The Morgan fingerprint density at radius 3 is 3.14 bits per heavy atom. The van der Waals surface area contributed by atoms with E-state index in [0.29, 0.717) is 12.4 Å². The van der Waals surface area contributed by atoms with E-state index < -0.39 is 5.97 Å². The zero-order chi connectivity index (χ0) is 9.97. The molecule has 1 aromatic rings. The first kappa shape index (κ1) is 9.14. The van der Waals surface area contributed by atoms with Gasteiger partial charge in [-0.05, 0) is 6.92 Å². The summed E-state index contributed by atoms with van der Waals surface area (Å²) in [7, 11) is 0. The third-order valence-corrected chi connectivity index (χ3v) is 2.14. The number of carbonyl (C=O) groups excluding carboxylic acids is 1. The molecule has 1 saturated heterocycles. The summed E-state index contributed by atoms with van der Waals surface area (Å²) in [6.45, 7) is 3.78. The van der Waals surface area contributed by atoms with Crippen molar-refractivity contribution < 1.29 is 9.53 Å². The Morgan fingerprint density at radius 1 is 1.79 bits per heavy atom. The maximum absolute atomic E-state index is 11.4. The summed E-state index contributed by atoms with van der Waals surface area (Å²) < 4.78 is 6.48. The van der Waals surface area contributed by atoms with Crippen LogP contribution in [0.3, 0.4) is 0 Å². The Hall–Kier alpha value is -1.43. The standard InChI is InChI=1S/C8H12N4O2/c1-2-14-8(13)7-10-5-11-12(7)6-3-9-4-6/h5-6,9H,2-4H2,1H3. The maximum atomic E-state index is 11.4. The van der Waals surface area contributed by atoms with E-state index in [4.69, 9.17) is 4.74 Å². The fourth-order valence-corrected chi connectivity index (χ4v) is 1.31. The number of nitrogens with zero attached hydrogens (tertiary/aromatic N) is 3. The van der Waals surface area contributed by atoms with Crippen LogP contribution in [-0.2, 0) is 4.74 Å². The van der Waals surface area contributed by atoms with Gasteiger partial charge >= 0.3 is 5.97 Å². The van der Waals surface area contributed by atoms with Crippen LogP contribution >= 0.6 is 0 Å². The number of carbonyl (C=O) groups is 1. The molecule has 14 heavy (non-hydrogen) atoms. The normalized spacial score (nSPS) is 16.4. The second-order valence-electron chi connectivity index (χ2n) is 3.06. The molecule has 0 amide bonds. The molecule has 0 radical (unpaired) electrons. The average molecular weight is 196 g/mol. The second kappa shape index (κ2) is 3.75. The SMILES string of the molecule is CCOC(=O)c1ncnn1C1CNC1. The zero-order valence-electron chi connectivity index (χ0n) is 7.93. The van der Waals surface area contributed by atoms with Crippen molar-refractivity contribution in [2.45, 2.75) is 13.0 Å². The third-order valence-electron chi connectivity index (χ3n) is 2.14. The Balaban J connectivity index is 2.16. The quantitative estimate of drug-likeness (QED) is 0.666. The Morgan fingerprint density at radius 2 is 2.57 bits per heavy atom. The molecule has 0 spiro atoms. The van der Waals surface area contributed by atoms with Crippen LogP contribution in [0.25, 0.3) is 0 Å². The first-order chi connectivity index (χ1) is 6.83. The minimum Gasteiger partial charge on any atom is -0.460 e. The summed E-state index contributed by atoms with van der Waals surface area (Å²) in [6, 6.07) is 0.233. The number of nitrogens with one attached hydrogen (secondary N) is 1. The van der Waals surface area contributed by atoms with E-state index in [0.717, 1.165) is 13.1 Å². The first-order valence-corrected chi connectivity index (χ1v) is 4.60. The van der Waals surface area contributed by atoms with Crippen molar-refractivity contribution >= 4 is 5.97 Å². The Kier molecular flexibility index (Phi) is 2.45. The molecular formula is C8H12N4O2. The van der Waals surface area contributed by atoms with E-state index in [2.05, 4.69) is 15.4 Å². The third kappa shape index (κ3) is 1.48. The highest BCUT2D eigenvalue weighted by Gasteiger charge is 2.25. The lowest BCUT2D eigenvalue weighted by molar-refractivity contribution is 0.0498. The Labute approximate surface area is 81.3 Å². The highest BCUT2D eigenvalue weighted by Crippen LogP contribution is 2.12. The maximum Gasteiger partial charge on any atom is 0.376 e. The van der Waals surface area contributed by atoms with Crippen molar-refractivity contribution in [3.63, 3.8) is 0 Å². The van der Waals surface area contributed by atoms with Crippen LogP contribution in [0.1, 0.15) is 23.6 Å². The van der Waals surface area contributed by atoms with Crippen LogP contribution in [0.5, 0.6) is 0 Å². The number of ether oxygens (including phenoxy) is 1. The van der Waals surface area contributed by atoms with Gasteiger partial charge in [0.1, 0.15) is 6.33 Å². The van der Waals surface area contributed by atoms with Crippen molar-refractivity contribution in [2.24, 2.45) is 0 Å². The van der Waals surface area contributed by atoms with Gasteiger partial charge < -0.3 is 10.1 Å². The zero-order valence-corrected chi connectivity index (χ0v) is 7.93. The molecule has 6 heteroatoms. The fourth-order valence-electron chi connectivity index (χ4n) is 1.31. The molecule has 76 valence electrons. The highest BCUT2D eigenvalue weighted by atomic mass is 16.5. The van der Waals surface area contributed by atoms with E-state index >= 15 is 0 Å². The molecule has 6 nitrogen and oxygen atoms in total. The monoisotopic (exact) mass is 196 g/mol. The molecule has 1 fully saturated rings. The molecule has 2 heterocycles. The molecular weight excluding hydrogens is 184 g/mol. The number of rotatable bonds is 3. The first-order valence-electron chi connectivity index (χ1n) is 4.60. The van der Waals surface area contributed by atoms with Gasteiger partial charge in [0.15, 0.2) is 0 Å². The van der Waals surface area contributed by atoms with Crippen LogP contribution < -0.4 is 5.32 Å². The molecule has 0 atom stereocenters. The van der Waals surface area contributed by atoms with Gasteiger partial charge in [0.2, 0.25) is 5.82 Å². The van der Waals surface area contributed by atoms with E-state index in [1.54, 1.807) is 11.6 Å². The topological polar surface area (TPSA) is 69.0 Å². The average Bonchev–Trinajstić information content (AvgIpc) is 2.50. The van der Waals surface area contributed by atoms with Gasteiger partial charge in [-0.25, -0.2) is 14.5 Å². The molecule has 0 saturated carbocycles. The van der Waals surface area contributed by atoms with Gasteiger partial charge in [-0.15, -0.1) is 0 Å². The van der Waals surface area contributed by atoms with Crippen molar-refractivity contribution in [3.05, 3.63) is 12.2 Å². The second-order valence-corrected chi connectivity index (χ2v) is 3.06. The summed E-state index contributed by atoms with van der Waals surface area (Å²) in [5.41, 5.74) is 0. The van der Waals surface area contributed by atoms with Crippen molar-refractivity contribution in [1.82, 2.24) is 20.1 Å². The van der Waals surface area contributed by atoms with Crippen molar-refractivity contribution in [3.8, 4) is 0 Å². The molecule has 0 aromatic carbocycles. The van der Waals surface area contributed by atoms with Gasteiger partial charge in [0, 0.05) is 13.1 Å².